The maximum absolute atomic E-state index is 11.7. The first-order valence-electron chi connectivity index (χ1n) is 12.5. The second-order valence-electron chi connectivity index (χ2n) is 8.59. The topological polar surface area (TPSA) is 112 Å². The number of carbonyl (C=O) groups is 2. The van der Waals surface area contributed by atoms with Crippen LogP contribution in [0.3, 0.4) is 0 Å². The van der Waals surface area contributed by atoms with E-state index in [2.05, 4.69) is 0 Å². The van der Waals surface area contributed by atoms with Crippen molar-refractivity contribution in [1.82, 2.24) is 0 Å². The van der Waals surface area contributed by atoms with E-state index in [9.17, 15) is 14.7 Å². The molecule has 198 valence electrons. The minimum Gasteiger partial charge on any atom is -0.507 e. The molecule has 0 aromatic heterocycles. The SMILES string of the molecule is CCCc1c(OCCCOCCCOc2cc(OCC(=O)O)cc3ccccc23)ccc(C(C)=O)c1O. The monoisotopic (exact) mass is 510 g/mol. The van der Waals surface area contributed by atoms with E-state index >= 15 is 0 Å². The van der Waals surface area contributed by atoms with Crippen LogP contribution >= 0.6 is 0 Å². The molecule has 0 saturated heterocycles. The number of aromatic hydroxyl groups is 1. The van der Waals surface area contributed by atoms with Crippen molar-refractivity contribution in [2.75, 3.05) is 33.0 Å². The molecule has 0 bridgehead atoms. The van der Waals surface area contributed by atoms with Gasteiger partial charge in [-0.25, -0.2) is 4.79 Å². The number of rotatable bonds is 16. The Morgan fingerprint density at radius 3 is 2.24 bits per heavy atom. The quantitative estimate of drug-likeness (QED) is 0.194. The summed E-state index contributed by atoms with van der Waals surface area (Å²) in [6.07, 6.45) is 2.81. The fraction of sp³-hybridized carbons (Fsp3) is 0.379. The molecule has 0 saturated carbocycles. The van der Waals surface area contributed by atoms with Gasteiger partial charge in [0, 0.05) is 43.1 Å². The fourth-order valence-corrected chi connectivity index (χ4v) is 3.91. The third-order valence-corrected chi connectivity index (χ3v) is 5.66. The Labute approximate surface area is 216 Å². The minimum atomic E-state index is -1.04. The van der Waals surface area contributed by atoms with E-state index in [1.165, 1.54) is 6.92 Å². The van der Waals surface area contributed by atoms with E-state index < -0.39 is 12.6 Å². The molecule has 37 heavy (non-hydrogen) atoms. The number of phenolic OH excluding ortho intramolecular Hbond substituents is 1. The summed E-state index contributed by atoms with van der Waals surface area (Å²) in [5.74, 6) is 0.469. The van der Waals surface area contributed by atoms with Crippen LogP contribution in [0.4, 0.5) is 0 Å². The molecule has 0 radical (unpaired) electrons. The van der Waals surface area contributed by atoms with E-state index in [1.807, 2.05) is 31.2 Å². The third-order valence-electron chi connectivity index (χ3n) is 5.66. The van der Waals surface area contributed by atoms with Gasteiger partial charge in [0.05, 0.1) is 18.8 Å². The van der Waals surface area contributed by atoms with E-state index in [0.717, 1.165) is 17.2 Å². The Morgan fingerprint density at radius 2 is 1.57 bits per heavy atom. The van der Waals surface area contributed by atoms with Crippen molar-refractivity contribution in [3.05, 3.63) is 59.7 Å². The summed E-state index contributed by atoms with van der Waals surface area (Å²) in [7, 11) is 0. The van der Waals surface area contributed by atoms with Crippen LogP contribution in [-0.2, 0) is 16.0 Å². The molecule has 8 heteroatoms. The molecular weight excluding hydrogens is 476 g/mol. The summed E-state index contributed by atoms with van der Waals surface area (Å²) >= 11 is 0. The standard InChI is InChI=1S/C29H34O8/c1-3-8-25-26(12-11-23(20(2)30)29(25)33)35-15-6-13-34-14-7-16-36-27-18-22(37-19-28(31)32)17-21-9-4-5-10-24(21)27/h4-5,9-12,17-18,33H,3,6-8,13-16,19H2,1-2H3,(H,31,32). The summed E-state index contributed by atoms with van der Waals surface area (Å²) in [4.78, 5) is 22.5. The number of carboxylic acid groups (broad SMARTS) is 1. The molecule has 3 rings (SSSR count). The van der Waals surface area contributed by atoms with Crippen molar-refractivity contribution in [2.24, 2.45) is 0 Å². The van der Waals surface area contributed by atoms with Crippen LogP contribution in [0, 0.1) is 0 Å². The second kappa shape index (κ2) is 14.1. The number of fused-ring (bicyclic) bond motifs is 1. The first-order valence-corrected chi connectivity index (χ1v) is 12.5. The van der Waals surface area contributed by atoms with Gasteiger partial charge in [0.15, 0.2) is 12.4 Å². The maximum atomic E-state index is 11.7. The Morgan fingerprint density at radius 1 is 0.865 bits per heavy atom. The van der Waals surface area contributed by atoms with Crippen molar-refractivity contribution >= 4 is 22.5 Å². The number of ether oxygens (including phenoxy) is 4. The van der Waals surface area contributed by atoms with Gasteiger partial charge in [0.25, 0.3) is 0 Å². The van der Waals surface area contributed by atoms with Gasteiger partial charge >= 0.3 is 5.97 Å². The van der Waals surface area contributed by atoms with Crippen LogP contribution in [0.2, 0.25) is 0 Å². The minimum absolute atomic E-state index is 0.00913. The number of ketones is 1. The van der Waals surface area contributed by atoms with Crippen molar-refractivity contribution < 1.29 is 38.7 Å². The second-order valence-corrected chi connectivity index (χ2v) is 8.59. The Bertz CT molecular complexity index is 1200. The zero-order valence-corrected chi connectivity index (χ0v) is 21.3. The summed E-state index contributed by atoms with van der Waals surface area (Å²) in [6, 6.07) is 14.5. The first-order chi connectivity index (χ1) is 17.9. The smallest absolute Gasteiger partial charge is 0.341 e. The van der Waals surface area contributed by atoms with Gasteiger partial charge in [-0.3, -0.25) is 4.79 Å². The molecule has 0 fully saturated rings. The van der Waals surface area contributed by atoms with Gasteiger partial charge in [-0.05, 0) is 36.9 Å². The van der Waals surface area contributed by atoms with Gasteiger partial charge in [0.1, 0.15) is 23.0 Å². The normalized spacial score (nSPS) is 10.9. The molecule has 3 aromatic rings. The summed E-state index contributed by atoms with van der Waals surface area (Å²) in [5, 5.41) is 21.1. The number of aliphatic carboxylic acids is 1. The highest BCUT2D eigenvalue weighted by Gasteiger charge is 2.15. The number of benzene rings is 3. The summed E-state index contributed by atoms with van der Waals surface area (Å²) in [5.41, 5.74) is 0.979. The van der Waals surface area contributed by atoms with Gasteiger partial charge < -0.3 is 29.2 Å². The molecular formula is C29H34O8. The summed E-state index contributed by atoms with van der Waals surface area (Å²) < 4.78 is 22.8. The molecule has 0 aliphatic carbocycles. The number of Topliss-reactive ketones (excluding diaryl/α,β-unsaturated/α-hetero) is 1. The van der Waals surface area contributed by atoms with Crippen LogP contribution < -0.4 is 14.2 Å². The zero-order valence-electron chi connectivity index (χ0n) is 21.3. The highest BCUT2D eigenvalue weighted by atomic mass is 16.5. The van der Waals surface area contributed by atoms with Gasteiger partial charge in [-0.1, -0.05) is 37.6 Å². The predicted octanol–water partition coefficient (Wildman–Crippen LogP) is 5.42. The van der Waals surface area contributed by atoms with Gasteiger partial charge in [0.2, 0.25) is 0 Å². The lowest BCUT2D eigenvalue weighted by Crippen LogP contribution is -2.10. The molecule has 0 amide bonds. The van der Waals surface area contributed by atoms with Crippen molar-refractivity contribution in [2.45, 2.75) is 39.5 Å². The average molecular weight is 511 g/mol. The number of carbonyl (C=O) groups excluding carboxylic acids is 1. The molecule has 0 spiro atoms. The van der Waals surface area contributed by atoms with Gasteiger partial charge in [-0.15, -0.1) is 0 Å². The number of hydrogen-bond acceptors (Lipinski definition) is 7. The molecule has 0 atom stereocenters. The Hall–Kier alpha value is -3.78. The number of hydrogen-bond donors (Lipinski definition) is 2. The highest BCUT2D eigenvalue weighted by molar-refractivity contribution is 5.97. The maximum Gasteiger partial charge on any atom is 0.341 e. The van der Waals surface area contributed by atoms with Crippen molar-refractivity contribution in [1.29, 1.82) is 0 Å². The van der Waals surface area contributed by atoms with Crippen molar-refractivity contribution in [3.63, 3.8) is 0 Å². The lowest BCUT2D eigenvalue weighted by atomic mass is 10.0. The Kier molecular flexibility index (Phi) is 10.6. The largest absolute Gasteiger partial charge is 0.507 e. The van der Waals surface area contributed by atoms with E-state index in [-0.39, 0.29) is 11.5 Å². The van der Waals surface area contributed by atoms with Crippen LogP contribution in [0.1, 0.15) is 49.0 Å². The fourth-order valence-electron chi connectivity index (χ4n) is 3.91. The van der Waals surface area contributed by atoms with E-state index in [1.54, 1.807) is 24.3 Å². The molecule has 0 heterocycles. The molecule has 2 N–H and O–H groups in total. The molecule has 0 aliphatic rings. The van der Waals surface area contributed by atoms with Gasteiger partial charge in [-0.2, -0.15) is 0 Å². The van der Waals surface area contributed by atoms with Crippen LogP contribution in [0.15, 0.2) is 48.5 Å². The first kappa shape index (κ1) is 27.8. The molecule has 0 unspecified atom stereocenters. The summed E-state index contributed by atoms with van der Waals surface area (Å²) in [6.45, 7) is 4.92. The zero-order chi connectivity index (χ0) is 26.6. The highest BCUT2D eigenvalue weighted by Crippen LogP contribution is 2.33. The van der Waals surface area contributed by atoms with E-state index in [0.29, 0.717) is 74.1 Å². The predicted molar refractivity (Wildman–Crippen MR) is 140 cm³/mol. The lowest BCUT2D eigenvalue weighted by Gasteiger charge is -2.15. The van der Waals surface area contributed by atoms with Crippen LogP contribution in [0.5, 0.6) is 23.0 Å². The van der Waals surface area contributed by atoms with E-state index in [4.69, 9.17) is 24.1 Å². The Balaban J connectivity index is 1.40. The number of carboxylic acids is 1. The molecule has 3 aromatic carbocycles. The molecule has 8 nitrogen and oxygen atoms in total. The third kappa shape index (κ3) is 8.11. The molecule has 0 aliphatic heterocycles. The number of phenols is 1. The average Bonchev–Trinajstić information content (AvgIpc) is 2.88. The van der Waals surface area contributed by atoms with Crippen LogP contribution in [-0.4, -0.2) is 55.0 Å². The van der Waals surface area contributed by atoms with Crippen molar-refractivity contribution in [3.8, 4) is 23.0 Å². The van der Waals surface area contributed by atoms with Crippen LogP contribution in [0.25, 0.3) is 10.8 Å². The lowest BCUT2D eigenvalue weighted by molar-refractivity contribution is -0.139.